The van der Waals surface area contributed by atoms with Crippen molar-refractivity contribution in [2.24, 2.45) is 14.1 Å². The predicted octanol–water partition coefficient (Wildman–Crippen LogP) is 3.31. The second-order valence-corrected chi connectivity index (χ2v) is 8.42. The van der Waals surface area contributed by atoms with Gasteiger partial charge in [-0.15, -0.1) is 12.4 Å². The Kier molecular flexibility index (Phi) is 5.26. The first-order valence-electron chi connectivity index (χ1n) is 10.8. The molecule has 33 heavy (non-hydrogen) atoms. The first kappa shape index (κ1) is 21.4. The summed E-state index contributed by atoms with van der Waals surface area (Å²) in [5.74, 6) is 0. The third-order valence-corrected chi connectivity index (χ3v) is 6.41. The number of nitrogens with one attached hydrogen (secondary N) is 1. The summed E-state index contributed by atoms with van der Waals surface area (Å²) in [6.07, 6.45) is 8.40. The molecule has 8 nitrogen and oxygen atoms in total. The standard InChI is InChI=1S/C24H23N7O.ClH/c1-29-14-17(11-28-29)20-5-4-16(10-26-20)15-3-6-21-19(9-15)23-22(13-27-21)30(2)24(32)31(23)18-7-8-25-12-18;/h3-6,9-11,13-14,18,25H,7-8,12H2,1-2H3;1H/t18-;/m0./s1. The number of halogens is 1. The summed E-state index contributed by atoms with van der Waals surface area (Å²) in [6, 6.07) is 10.4. The molecule has 0 spiro atoms. The van der Waals surface area contributed by atoms with E-state index in [1.807, 2.05) is 55.6 Å². The number of rotatable bonds is 3. The molecule has 1 N–H and O–H groups in total. The van der Waals surface area contributed by atoms with Crippen LogP contribution in [0, 0.1) is 0 Å². The Morgan fingerprint density at radius 1 is 1.00 bits per heavy atom. The average molecular weight is 462 g/mol. The monoisotopic (exact) mass is 461 g/mol. The second-order valence-electron chi connectivity index (χ2n) is 8.42. The van der Waals surface area contributed by atoms with E-state index in [9.17, 15) is 4.79 Å². The van der Waals surface area contributed by atoms with E-state index in [0.29, 0.717) is 0 Å². The van der Waals surface area contributed by atoms with Gasteiger partial charge in [0.2, 0.25) is 0 Å². The van der Waals surface area contributed by atoms with E-state index in [-0.39, 0.29) is 24.1 Å². The number of hydrogen-bond acceptors (Lipinski definition) is 5. The Bertz CT molecular complexity index is 1520. The molecule has 9 heteroatoms. The summed E-state index contributed by atoms with van der Waals surface area (Å²) in [5, 5.41) is 8.59. The van der Waals surface area contributed by atoms with Crippen LogP contribution in [0.3, 0.4) is 0 Å². The fourth-order valence-corrected chi connectivity index (χ4v) is 4.69. The minimum Gasteiger partial charge on any atom is -0.315 e. The molecule has 1 fully saturated rings. The number of aryl methyl sites for hydroxylation is 2. The highest BCUT2D eigenvalue weighted by Crippen LogP contribution is 2.31. The molecule has 5 heterocycles. The fourth-order valence-electron chi connectivity index (χ4n) is 4.69. The van der Waals surface area contributed by atoms with Crippen LogP contribution in [0.25, 0.3) is 44.3 Å². The van der Waals surface area contributed by atoms with Gasteiger partial charge in [-0.3, -0.25) is 23.8 Å². The second kappa shape index (κ2) is 8.13. The van der Waals surface area contributed by atoms with Crippen molar-refractivity contribution in [1.29, 1.82) is 0 Å². The van der Waals surface area contributed by atoms with Gasteiger partial charge in [0.1, 0.15) is 0 Å². The maximum Gasteiger partial charge on any atom is 0.329 e. The molecule has 0 saturated carbocycles. The average Bonchev–Trinajstić information content (AvgIpc) is 3.55. The molecule has 5 aromatic rings. The number of imidazole rings is 1. The van der Waals surface area contributed by atoms with Gasteiger partial charge >= 0.3 is 5.69 Å². The van der Waals surface area contributed by atoms with E-state index < -0.39 is 0 Å². The summed E-state index contributed by atoms with van der Waals surface area (Å²) < 4.78 is 5.43. The first-order valence-corrected chi connectivity index (χ1v) is 10.8. The highest BCUT2D eigenvalue weighted by atomic mass is 35.5. The summed E-state index contributed by atoms with van der Waals surface area (Å²) >= 11 is 0. The zero-order chi connectivity index (χ0) is 21.8. The van der Waals surface area contributed by atoms with Crippen molar-refractivity contribution in [3.05, 3.63) is 65.6 Å². The van der Waals surface area contributed by atoms with Gasteiger partial charge in [-0.1, -0.05) is 12.1 Å². The lowest BCUT2D eigenvalue weighted by atomic mass is 10.0. The quantitative estimate of drug-likeness (QED) is 0.445. The summed E-state index contributed by atoms with van der Waals surface area (Å²) in [4.78, 5) is 22.4. The van der Waals surface area contributed by atoms with Crippen molar-refractivity contribution in [1.82, 2.24) is 34.2 Å². The van der Waals surface area contributed by atoms with E-state index in [2.05, 4.69) is 38.6 Å². The third-order valence-electron chi connectivity index (χ3n) is 6.41. The molecule has 0 aliphatic carbocycles. The van der Waals surface area contributed by atoms with Gasteiger partial charge in [0.05, 0.1) is 40.7 Å². The van der Waals surface area contributed by atoms with Crippen LogP contribution >= 0.6 is 12.4 Å². The summed E-state index contributed by atoms with van der Waals surface area (Å²) in [7, 11) is 3.72. The molecule has 0 bridgehead atoms. The van der Waals surface area contributed by atoms with E-state index >= 15 is 0 Å². The molecule has 6 rings (SSSR count). The third kappa shape index (κ3) is 3.42. The Morgan fingerprint density at radius 3 is 2.55 bits per heavy atom. The van der Waals surface area contributed by atoms with Crippen LogP contribution in [0.15, 0.2) is 59.9 Å². The number of hydrogen-bond donors (Lipinski definition) is 1. The molecule has 0 radical (unpaired) electrons. The Balaban J connectivity index is 0.00000228. The largest absolute Gasteiger partial charge is 0.329 e. The van der Waals surface area contributed by atoms with Crippen molar-refractivity contribution in [3.63, 3.8) is 0 Å². The highest BCUT2D eigenvalue weighted by molar-refractivity contribution is 6.04. The summed E-state index contributed by atoms with van der Waals surface area (Å²) in [6.45, 7) is 1.74. The van der Waals surface area contributed by atoms with Crippen LogP contribution in [0.4, 0.5) is 0 Å². The maximum absolute atomic E-state index is 13.1. The van der Waals surface area contributed by atoms with Crippen LogP contribution in [0.1, 0.15) is 12.5 Å². The molecule has 1 aliphatic heterocycles. The van der Waals surface area contributed by atoms with Crippen LogP contribution in [-0.4, -0.2) is 42.0 Å². The van der Waals surface area contributed by atoms with E-state index in [1.54, 1.807) is 9.25 Å². The van der Waals surface area contributed by atoms with E-state index in [1.165, 1.54) is 0 Å². The van der Waals surface area contributed by atoms with Gasteiger partial charge in [0.25, 0.3) is 0 Å². The van der Waals surface area contributed by atoms with Gasteiger partial charge in [0.15, 0.2) is 0 Å². The Hall–Kier alpha value is -3.49. The predicted molar refractivity (Wildman–Crippen MR) is 132 cm³/mol. The first-order chi connectivity index (χ1) is 15.6. The van der Waals surface area contributed by atoms with Crippen molar-refractivity contribution in [3.8, 4) is 22.4 Å². The lowest BCUT2D eigenvalue weighted by Gasteiger charge is -2.12. The lowest BCUT2D eigenvalue weighted by Crippen LogP contribution is -2.27. The molecule has 4 aromatic heterocycles. The number of aromatic nitrogens is 6. The number of benzene rings is 1. The lowest BCUT2D eigenvalue weighted by molar-refractivity contribution is 0.536. The molecule has 1 aliphatic rings. The Morgan fingerprint density at radius 2 is 1.85 bits per heavy atom. The van der Waals surface area contributed by atoms with Crippen molar-refractivity contribution < 1.29 is 0 Å². The molecular weight excluding hydrogens is 438 g/mol. The normalized spacial score (nSPS) is 15.9. The van der Waals surface area contributed by atoms with E-state index in [4.69, 9.17) is 0 Å². The molecule has 0 unspecified atom stereocenters. The summed E-state index contributed by atoms with van der Waals surface area (Å²) in [5.41, 5.74) is 6.64. The maximum atomic E-state index is 13.1. The molecule has 1 aromatic carbocycles. The Labute approximate surface area is 196 Å². The molecule has 168 valence electrons. The minimum absolute atomic E-state index is 0. The fraction of sp³-hybridized carbons (Fsp3) is 0.250. The minimum atomic E-state index is 0. The van der Waals surface area contributed by atoms with Crippen molar-refractivity contribution in [2.45, 2.75) is 12.5 Å². The molecule has 1 atom stereocenters. The topological polar surface area (TPSA) is 82.6 Å². The van der Waals surface area contributed by atoms with Crippen LogP contribution < -0.4 is 11.0 Å². The molecular formula is C24H24ClN7O. The molecule has 1 saturated heterocycles. The van der Waals surface area contributed by atoms with Crippen molar-refractivity contribution >= 4 is 34.3 Å². The van der Waals surface area contributed by atoms with Crippen LogP contribution in [-0.2, 0) is 14.1 Å². The zero-order valence-electron chi connectivity index (χ0n) is 18.4. The van der Waals surface area contributed by atoms with Gasteiger partial charge in [-0.05, 0) is 36.7 Å². The van der Waals surface area contributed by atoms with Crippen molar-refractivity contribution in [2.75, 3.05) is 13.1 Å². The number of nitrogens with zero attached hydrogens (tertiary/aromatic N) is 6. The molecule has 0 amide bonds. The van der Waals surface area contributed by atoms with Gasteiger partial charge in [-0.25, -0.2) is 4.79 Å². The smallest absolute Gasteiger partial charge is 0.315 e. The number of fused-ring (bicyclic) bond motifs is 3. The van der Waals surface area contributed by atoms with E-state index in [0.717, 1.165) is 63.8 Å². The SMILES string of the molecule is Cl.Cn1cc(-c2ccc(-c3ccc4ncc5c(c4c3)n([C@H]3CCNC3)c(=O)n5C)cn2)cn1. The number of pyridine rings is 2. The van der Waals surface area contributed by atoms with Gasteiger partial charge in [0, 0.05) is 49.5 Å². The van der Waals surface area contributed by atoms with Crippen LogP contribution in [0.5, 0.6) is 0 Å². The van der Waals surface area contributed by atoms with Gasteiger partial charge < -0.3 is 5.32 Å². The van der Waals surface area contributed by atoms with Crippen LogP contribution in [0.2, 0.25) is 0 Å². The zero-order valence-corrected chi connectivity index (χ0v) is 19.2. The van der Waals surface area contributed by atoms with Gasteiger partial charge in [-0.2, -0.15) is 5.10 Å². The highest BCUT2D eigenvalue weighted by Gasteiger charge is 2.24.